The molecule has 0 bridgehead atoms. The molecular weight excluding hydrogens is 380 g/mol. The van der Waals surface area contributed by atoms with Crippen LogP contribution < -0.4 is 5.32 Å². The van der Waals surface area contributed by atoms with Crippen LogP contribution in [0.15, 0.2) is 42.5 Å². The van der Waals surface area contributed by atoms with Crippen molar-refractivity contribution < 1.29 is 33.4 Å². The summed E-state index contributed by atoms with van der Waals surface area (Å²) in [6.07, 6.45) is 0. The monoisotopic (exact) mass is 396 g/mol. The Morgan fingerprint density at radius 1 is 0.862 bits per heavy atom. The molecule has 1 amide bonds. The number of benzene rings is 2. The number of esters is 3. The number of ether oxygens (including phenoxy) is 3. The summed E-state index contributed by atoms with van der Waals surface area (Å²) in [5.74, 6) is -2.86. The van der Waals surface area contributed by atoms with Crippen molar-refractivity contribution in [2.45, 2.75) is 0 Å². The van der Waals surface area contributed by atoms with E-state index in [1.54, 1.807) is 0 Å². The Morgan fingerprint density at radius 2 is 1.41 bits per heavy atom. The molecule has 2 aromatic rings. The van der Waals surface area contributed by atoms with Gasteiger partial charge in [0.25, 0.3) is 5.91 Å². The van der Waals surface area contributed by atoms with E-state index < -0.39 is 30.4 Å². The quantitative estimate of drug-likeness (QED) is 0.579. The number of nitrogens with one attached hydrogen (secondary N) is 1. The molecule has 0 heterocycles. The number of rotatable bonds is 6. The Labute approximate surface area is 165 Å². The van der Waals surface area contributed by atoms with Gasteiger partial charge in [0.05, 0.1) is 42.5 Å². The molecule has 2 aromatic carbocycles. The fourth-order valence-corrected chi connectivity index (χ4v) is 2.26. The molecule has 0 unspecified atom stereocenters. The van der Waals surface area contributed by atoms with Gasteiger partial charge in [-0.25, -0.2) is 14.4 Å². The number of methoxy groups -OCH3 is 2. The normalized spacial score (nSPS) is 9.69. The molecule has 0 aliphatic rings. The first-order valence-corrected chi connectivity index (χ1v) is 8.16. The lowest BCUT2D eigenvalue weighted by Gasteiger charge is -2.10. The van der Waals surface area contributed by atoms with Crippen LogP contribution in [-0.2, 0) is 19.0 Å². The van der Waals surface area contributed by atoms with E-state index in [1.165, 1.54) is 56.7 Å². The van der Waals surface area contributed by atoms with Crippen LogP contribution in [0.4, 0.5) is 5.69 Å². The van der Waals surface area contributed by atoms with E-state index in [4.69, 9.17) is 10.00 Å². The Hall–Kier alpha value is -4.19. The highest BCUT2D eigenvalue weighted by Gasteiger charge is 2.16. The zero-order chi connectivity index (χ0) is 21.4. The van der Waals surface area contributed by atoms with Gasteiger partial charge in [-0.1, -0.05) is 0 Å². The molecule has 1 N–H and O–H groups in total. The van der Waals surface area contributed by atoms with Crippen molar-refractivity contribution in [3.05, 3.63) is 64.7 Å². The number of carbonyl (C=O) groups is 4. The topological polar surface area (TPSA) is 132 Å². The Kier molecular flexibility index (Phi) is 7.03. The van der Waals surface area contributed by atoms with Crippen LogP contribution in [-0.4, -0.2) is 44.6 Å². The predicted octanol–water partition coefficient (Wildman–Crippen LogP) is 1.93. The highest BCUT2D eigenvalue weighted by atomic mass is 16.5. The summed E-state index contributed by atoms with van der Waals surface area (Å²) in [6.45, 7) is -0.602. The van der Waals surface area contributed by atoms with Gasteiger partial charge in [-0.3, -0.25) is 4.79 Å². The van der Waals surface area contributed by atoms with Crippen LogP contribution in [0.2, 0.25) is 0 Å². The summed E-state index contributed by atoms with van der Waals surface area (Å²) < 4.78 is 14.1. The van der Waals surface area contributed by atoms with Gasteiger partial charge in [0.2, 0.25) is 0 Å². The summed E-state index contributed by atoms with van der Waals surface area (Å²) in [5, 5.41) is 11.2. The summed E-state index contributed by atoms with van der Waals surface area (Å²) in [7, 11) is 2.35. The highest BCUT2D eigenvalue weighted by molar-refractivity contribution is 6.00. The Bertz CT molecular complexity index is 957. The van der Waals surface area contributed by atoms with Crippen molar-refractivity contribution in [3.63, 3.8) is 0 Å². The molecule has 0 spiro atoms. The lowest BCUT2D eigenvalue weighted by atomic mass is 10.1. The molecule has 29 heavy (non-hydrogen) atoms. The molecule has 9 nitrogen and oxygen atoms in total. The Morgan fingerprint density at radius 3 is 1.90 bits per heavy atom. The van der Waals surface area contributed by atoms with Crippen LogP contribution in [0.5, 0.6) is 0 Å². The molecule has 0 radical (unpaired) electrons. The first-order valence-electron chi connectivity index (χ1n) is 8.16. The zero-order valence-corrected chi connectivity index (χ0v) is 15.6. The van der Waals surface area contributed by atoms with Gasteiger partial charge < -0.3 is 19.5 Å². The molecule has 0 saturated carbocycles. The van der Waals surface area contributed by atoms with Gasteiger partial charge in [-0.05, 0) is 42.5 Å². The number of carbonyl (C=O) groups excluding carboxylic acids is 4. The summed E-state index contributed by atoms with van der Waals surface area (Å²) >= 11 is 0. The number of hydrogen-bond donors (Lipinski definition) is 1. The van der Waals surface area contributed by atoms with Gasteiger partial charge in [0, 0.05) is 5.69 Å². The predicted molar refractivity (Wildman–Crippen MR) is 99.2 cm³/mol. The molecular formula is C20H16N2O7. The Balaban J connectivity index is 2.07. The second kappa shape index (κ2) is 9.66. The SMILES string of the molecule is COC(=O)c1cc(NC(=O)COC(=O)c2ccc(C#N)cc2)cc(C(=O)OC)c1. The summed E-state index contributed by atoms with van der Waals surface area (Å²) in [5.41, 5.74) is 0.733. The maximum absolute atomic E-state index is 12.1. The van der Waals surface area contributed by atoms with Crippen LogP contribution in [0, 0.1) is 11.3 Å². The number of nitriles is 1. The first-order chi connectivity index (χ1) is 13.9. The fraction of sp³-hybridized carbons (Fsp3) is 0.150. The molecule has 0 aliphatic carbocycles. The summed E-state index contributed by atoms with van der Waals surface area (Å²) in [4.78, 5) is 47.6. The van der Waals surface area contributed by atoms with E-state index in [9.17, 15) is 19.2 Å². The second-order valence-electron chi connectivity index (χ2n) is 5.60. The largest absolute Gasteiger partial charge is 0.465 e. The third kappa shape index (κ3) is 5.64. The molecule has 9 heteroatoms. The number of amides is 1. The molecule has 0 fully saturated rings. The van der Waals surface area contributed by atoms with Crippen LogP contribution in [0.3, 0.4) is 0 Å². The minimum Gasteiger partial charge on any atom is -0.465 e. The zero-order valence-electron chi connectivity index (χ0n) is 15.6. The van der Waals surface area contributed by atoms with E-state index in [1.807, 2.05) is 6.07 Å². The van der Waals surface area contributed by atoms with Gasteiger partial charge in [0.1, 0.15) is 0 Å². The minimum absolute atomic E-state index is 0.0280. The average molecular weight is 396 g/mol. The first kappa shape index (κ1) is 21.1. The van der Waals surface area contributed by atoms with Crippen molar-refractivity contribution >= 4 is 29.5 Å². The van der Waals surface area contributed by atoms with E-state index in [0.717, 1.165) is 0 Å². The molecule has 0 atom stereocenters. The van der Waals surface area contributed by atoms with Gasteiger partial charge in [0.15, 0.2) is 6.61 Å². The third-order valence-corrected chi connectivity index (χ3v) is 3.64. The number of hydrogen-bond acceptors (Lipinski definition) is 8. The highest BCUT2D eigenvalue weighted by Crippen LogP contribution is 2.17. The molecule has 0 saturated heterocycles. The van der Waals surface area contributed by atoms with Crippen molar-refractivity contribution in [2.75, 3.05) is 26.1 Å². The van der Waals surface area contributed by atoms with E-state index in [2.05, 4.69) is 14.8 Å². The van der Waals surface area contributed by atoms with Crippen molar-refractivity contribution in [1.29, 1.82) is 5.26 Å². The molecule has 2 rings (SSSR count). The third-order valence-electron chi connectivity index (χ3n) is 3.64. The molecule has 0 aromatic heterocycles. The standard InChI is InChI=1S/C20H16N2O7/c1-27-18(24)14-7-15(19(25)28-2)9-16(8-14)22-17(23)11-29-20(26)13-5-3-12(10-21)4-6-13/h3-9H,11H2,1-2H3,(H,22,23). The van der Waals surface area contributed by atoms with Crippen LogP contribution >= 0.6 is 0 Å². The maximum atomic E-state index is 12.1. The summed E-state index contributed by atoms with van der Waals surface area (Å²) in [6, 6.07) is 11.5. The van der Waals surface area contributed by atoms with E-state index >= 15 is 0 Å². The van der Waals surface area contributed by atoms with Crippen molar-refractivity contribution in [2.24, 2.45) is 0 Å². The molecule has 148 valence electrons. The van der Waals surface area contributed by atoms with Crippen molar-refractivity contribution in [3.8, 4) is 6.07 Å². The minimum atomic E-state index is -0.747. The number of anilines is 1. The van der Waals surface area contributed by atoms with Crippen molar-refractivity contribution in [1.82, 2.24) is 0 Å². The maximum Gasteiger partial charge on any atom is 0.338 e. The van der Waals surface area contributed by atoms with E-state index in [0.29, 0.717) is 5.56 Å². The van der Waals surface area contributed by atoms with Gasteiger partial charge in [-0.2, -0.15) is 5.26 Å². The molecule has 0 aliphatic heterocycles. The van der Waals surface area contributed by atoms with Crippen LogP contribution in [0.1, 0.15) is 36.6 Å². The van der Waals surface area contributed by atoms with E-state index in [-0.39, 0.29) is 22.4 Å². The van der Waals surface area contributed by atoms with Gasteiger partial charge >= 0.3 is 17.9 Å². The number of nitrogens with zero attached hydrogens (tertiary/aromatic N) is 1. The smallest absolute Gasteiger partial charge is 0.338 e. The van der Waals surface area contributed by atoms with Crippen LogP contribution in [0.25, 0.3) is 0 Å². The second-order valence-corrected chi connectivity index (χ2v) is 5.60. The van der Waals surface area contributed by atoms with Gasteiger partial charge in [-0.15, -0.1) is 0 Å². The average Bonchev–Trinajstić information content (AvgIpc) is 2.76. The lowest BCUT2D eigenvalue weighted by Crippen LogP contribution is -2.21. The lowest BCUT2D eigenvalue weighted by molar-refractivity contribution is -0.119. The fourth-order valence-electron chi connectivity index (χ4n) is 2.26.